The van der Waals surface area contributed by atoms with Crippen LogP contribution in [-0.2, 0) is 4.74 Å². The van der Waals surface area contributed by atoms with E-state index < -0.39 is 0 Å². The quantitative estimate of drug-likeness (QED) is 0.804. The second-order valence-electron chi connectivity index (χ2n) is 4.50. The molecule has 1 atom stereocenters. The van der Waals surface area contributed by atoms with E-state index in [4.69, 9.17) is 4.74 Å². The van der Waals surface area contributed by atoms with E-state index in [0.29, 0.717) is 6.04 Å². The Morgan fingerprint density at radius 2 is 2.33 bits per heavy atom. The summed E-state index contributed by atoms with van der Waals surface area (Å²) in [5.74, 6) is 1.17. The van der Waals surface area contributed by atoms with E-state index in [-0.39, 0.29) is 5.60 Å². The molecule has 1 heterocycles. The lowest BCUT2D eigenvalue weighted by Crippen LogP contribution is -2.37. The van der Waals surface area contributed by atoms with Crippen LogP contribution in [0.4, 0.5) is 0 Å². The maximum Gasteiger partial charge on any atom is 0.156 e. The molecule has 0 aliphatic carbocycles. The molecule has 1 unspecified atom stereocenters. The minimum Gasteiger partial charge on any atom is -0.374 e. The zero-order valence-corrected chi connectivity index (χ0v) is 11.0. The zero-order chi connectivity index (χ0) is 11.3. The Hall–Kier alpha value is -0.220. The van der Waals surface area contributed by atoms with Gasteiger partial charge < -0.3 is 10.1 Å². The SMILES string of the molecule is CCOC(C)(C)CN=C1NC(C)CCS1. The Morgan fingerprint density at radius 3 is 2.93 bits per heavy atom. The Balaban J connectivity index is 2.42. The molecule has 0 aromatic carbocycles. The number of nitrogens with one attached hydrogen (secondary N) is 1. The molecule has 3 nitrogen and oxygen atoms in total. The summed E-state index contributed by atoms with van der Waals surface area (Å²) in [6.07, 6.45) is 1.22. The average Bonchev–Trinajstić information content (AvgIpc) is 2.15. The number of hydrogen-bond acceptors (Lipinski definition) is 3. The van der Waals surface area contributed by atoms with Crippen LogP contribution in [0.25, 0.3) is 0 Å². The maximum absolute atomic E-state index is 5.60. The summed E-state index contributed by atoms with van der Waals surface area (Å²) < 4.78 is 5.60. The van der Waals surface area contributed by atoms with Gasteiger partial charge in [-0.1, -0.05) is 11.8 Å². The number of hydrogen-bond donors (Lipinski definition) is 1. The molecule has 15 heavy (non-hydrogen) atoms. The molecule has 0 amide bonds. The number of nitrogens with zero attached hydrogens (tertiary/aromatic N) is 1. The summed E-state index contributed by atoms with van der Waals surface area (Å²) in [7, 11) is 0. The van der Waals surface area contributed by atoms with Gasteiger partial charge in [-0.2, -0.15) is 0 Å². The Kier molecular flexibility index (Phi) is 4.93. The Bertz CT molecular complexity index is 229. The first kappa shape index (κ1) is 12.8. The number of ether oxygens (including phenoxy) is 1. The van der Waals surface area contributed by atoms with Crippen LogP contribution in [0.3, 0.4) is 0 Å². The highest BCUT2D eigenvalue weighted by Gasteiger charge is 2.19. The summed E-state index contributed by atoms with van der Waals surface area (Å²) in [5.41, 5.74) is -0.148. The second kappa shape index (κ2) is 5.75. The fourth-order valence-electron chi connectivity index (χ4n) is 1.45. The normalized spacial score (nSPS) is 25.3. The van der Waals surface area contributed by atoms with Crippen molar-refractivity contribution in [1.29, 1.82) is 0 Å². The van der Waals surface area contributed by atoms with Crippen LogP contribution in [-0.4, -0.2) is 35.7 Å². The summed E-state index contributed by atoms with van der Waals surface area (Å²) >= 11 is 1.81. The van der Waals surface area contributed by atoms with E-state index in [2.05, 4.69) is 31.1 Å². The number of thioether (sulfide) groups is 1. The van der Waals surface area contributed by atoms with Crippen LogP contribution in [0.5, 0.6) is 0 Å². The van der Waals surface area contributed by atoms with Gasteiger partial charge >= 0.3 is 0 Å². The van der Waals surface area contributed by atoms with Gasteiger partial charge in [0.25, 0.3) is 0 Å². The monoisotopic (exact) mass is 230 g/mol. The van der Waals surface area contributed by atoms with Crippen molar-refractivity contribution in [2.45, 2.75) is 45.8 Å². The maximum atomic E-state index is 5.60. The fraction of sp³-hybridized carbons (Fsp3) is 0.909. The molecule has 0 bridgehead atoms. The molecular formula is C11H22N2OS. The molecule has 0 aromatic heterocycles. The van der Waals surface area contributed by atoms with Gasteiger partial charge in [0.1, 0.15) is 0 Å². The first-order valence-corrected chi connectivity index (χ1v) is 6.60. The average molecular weight is 230 g/mol. The third kappa shape index (κ3) is 4.89. The number of amidine groups is 1. The van der Waals surface area contributed by atoms with Crippen molar-refractivity contribution in [2.24, 2.45) is 4.99 Å². The first-order chi connectivity index (χ1) is 7.03. The van der Waals surface area contributed by atoms with Gasteiger partial charge in [-0.3, -0.25) is 4.99 Å². The molecule has 1 rings (SSSR count). The van der Waals surface area contributed by atoms with E-state index in [1.165, 1.54) is 12.2 Å². The predicted molar refractivity (Wildman–Crippen MR) is 67.7 cm³/mol. The lowest BCUT2D eigenvalue weighted by Gasteiger charge is -2.25. The van der Waals surface area contributed by atoms with Crippen molar-refractivity contribution in [3.05, 3.63) is 0 Å². The Morgan fingerprint density at radius 1 is 1.60 bits per heavy atom. The second-order valence-corrected chi connectivity index (χ2v) is 5.58. The minimum atomic E-state index is -0.148. The highest BCUT2D eigenvalue weighted by Crippen LogP contribution is 2.15. The first-order valence-electron chi connectivity index (χ1n) is 5.61. The van der Waals surface area contributed by atoms with E-state index in [1.807, 2.05) is 18.7 Å². The van der Waals surface area contributed by atoms with Gasteiger partial charge in [-0.15, -0.1) is 0 Å². The topological polar surface area (TPSA) is 33.6 Å². The third-order valence-corrected chi connectivity index (χ3v) is 3.26. The van der Waals surface area contributed by atoms with E-state index in [9.17, 15) is 0 Å². The van der Waals surface area contributed by atoms with Gasteiger partial charge in [0.2, 0.25) is 0 Å². The van der Waals surface area contributed by atoms with Crippen LogP contribution >= 0.6 is 11.8 Å². The van der Waals surface area contributed by atoms with Gasteiger partial charge in [0, 0.05) is 18.4 Å². The highest BCUT2D eigenvalue weighted by molar-refractivity contribution is 8.13. The predicted octanol–water partition coefficient (Wildman–Crippen LogP) is 2.27. The van der Waals surface area contributed by atoms with Crippen LogP contribution in [0.15, 0.2) is 4.99 Å². The minimum absolute atomic E-state index is 0.148. The lowest BCUT2D eigenvalue weighted by atomic mass is 10.1. The molecule has 1 aliphatic heterocycles. The molecule has 4 heteroatoms. The highest BCUT2D eigenvalue weighted by atomic mass is 32.2. The third-order valence-electron chi connectivity index (χ3n) is 2.30. The molecule has 0 spiro atoms. The van der Waals surface area contributed by atoms with E-state index in [0.717, 1.165) is 18.3 Å². The summed E-state index contributed by atoms with van der Waals surface area (Å²) in [4.78, 5) is 4.57. The van der Waals surface area contributed by atoms with Gasteiger partial charge in [0.15, 0.2) is 5.17 Å². The van der Waals surface area contributed by atoms with Crippen molar-refractivity contribution in [3.63, 3.8) is 0 Å². The van der Waals surface area contributed by atoms with E-state index >= 15 is 0 Å². The van der Waals surface area contributed by atoms with Crippen molar-refractivity contribution < 1.29 is 4.74 Å². The Labute approximate surface area is 97.1 Å². The van der Waals surface area contributed by atoms with Gasteiger partial charge in [-0.05, 0) is 34.1 Å². The number of rotatable bonds is 4. The van der Waals surface area contributed by atoms with E-state index in [1.54, 1.807) is 0 Å². The summed E-state index contributed by atoms with van der Waals surface area (Å²) in [6, 6.07) is 0.556. The summed E-state index contributed by atoms with van der Waals surface area (Å²) in [6.45, 7) is 9.85. The van der Waals surface area contributed by atoms with Crippen LogP contribution in [0.2, 0.25) is 0 Å². The molecule has 1 saturated heterocycles. The van der Waals surface area contributed by atoms with Crippen molar-refractivity contribution in [3.8, 4) is 0 Å². The number of aliphatic imine (C=N–C) groups is 1. The van der Waals surface area contributed by atoms with Gasteiger partial charge in [0.05, 0.1) is 12.1 Å². The molecule has 1 aliphatic rings. The molecule has 0 aromatic rings. The largest absolute Gasteiger partial charge is 0.374 e. The van der Waals surface area contributed by atoms with Crippen LogP contribution < -0.4 is 5.32 Å². The van der Waals surface area contributed by atoms with Crippen LogP contribution in [0.1, 0.15) is 34.1 Å². The molecular weight excluding hydrogens is 208 g/mol. The van der Waals surface area contributed by atoms with Crippen molar-refractivity contribution in [1.82, 2.24) is 5.32 Å². The van der Waals surface area contributed by atoms with Gasteiger partial charge in [-0.25, -0.2) is 0 Å². The summed E-state index contributed by atoms with van der Waals surface area (Å²) in [5, 5.41) is 4.46. The van der Waals surface area contributed by atoms with Crippen molar-refractivity contribution >= 4 is 16.9 Å². The smallest absolute Gasteiger partial charge is 0.156 e. The zero-order valence-electron chi connectivity index (χ0n) is 10.2. The van der Waals surface area contributed by atoms with Crippen LogP contribution in [0, 0.1) is 0 Å². The fourth-order valence-corrected chi connectivity index (χ4v) is 2.55. The molecule has 1 fully saturated rings. The molecule has 1 N–H and O–H groups in total. The molecule has 0 radical (unpaired) electrons. The standard InChI is InChI=1S/C11H22N2OS/c1-5-14-11(3,4)8-12-10-13-9(2)6-7-15-10/h9H,5-8H2,1-4H3,(H,12,13). The van der Waals surface area contributed by atoms with Crippen molar-refractivity contribution in [2.75, 3.05) is 18.9 Å². The molecule has 88 valence electrons. The molecule has 0 saturated carbocycles. The lowest BCUT2D eigenvalue weighted by molar-refractivity contribution is -0.00209.